The number of imidazole rings is 1. The summed E-state index contributed by atoms with van der Waals surface area (Å²) in [5, 5.41) is 10.7. The Balaban J connectivity index is 1.95. The van der Waals surface area contributed by atoms with E-state index in [0.717, 1.165) is 16.6 Å². The second-order valence-corrected chi connectivity index (χ2v) is 6.81. The molecule has 0 saturated carbocycles. The van der Waals surface area contributed by atoms with Crippen molar-refractivity contribution >= 4 is 22.8 Å². The topological polar surface area (TPSA) is 90.5 Å². The lowest BCUT2D eigenvalue weighted by molar-refractivity contribution is -0.135. The lowest BCUT2D eigenvalue weighted by Gasteiger charge is -2.26. The number of nitrogens with zero attached hydrogens (tertiary/aromatic N) is 2. The van der Waals surface area contributed by atoms with Crippen molar-refractivity contribution in [2.45, 2.75) is 19.3 Å². The molecule has 0 bridgehead atoms. The Hall–Kier alpha value is -3.35. The molecule has 0 spiro atoms. The van der Waals surface area contributed by atoms with Gasteiger partial charge in [-0.1, -0.05) is 6.07 Å². The van der Waals surface area contributed by atoms with Crippen LogP contribution in [-0.4, -0.2) is 26.0 Å². The van der Waals surface area contributed by atoms with E-state index in [0.29, 0.717) is 5.56 Å². The highest BCUT2D eigenvalue weighted by Crippen LogP contribution is 2.45. The molecule has 1 unspecified atom stereocenters. The van der Waals surface area contributed by atoms with E-state index >= 15 is 0 Å². The van der Waals surface area contributed by atoms with Gasteiger partial charge >= 0.3 is 11.7 Å². The summed E-state index contributed by atoms with van der Waals surface area (Å²) in [6.07, 6.45) is 0.0359. The predicted molar refractivity (Wildman–Crippen MR) is 98.4 cm³/mol. The van der Waals surface area contributed by atoms with Crippen LogP contribution in [0.4, 0.5) is 0 Å². The Morgan fingerprint density at radius 1 is 1.11 bits per heavy atom. The molecule has 0 radical (unpaired) electrons. The minimum Gasteiger partial charge on any atom is -0.507 e. The number of hydrogen-bond acceptors (Lipinski definition) is 5. The van der Waals surface area contributed by atoms with Crippen LogP contribution in [0.25, 0.3) is 11.0 Å². The van der Waals surface area contributed by atoms with Gasteiger partial charge in [-0.3, -0.25) is 18.7 Å². The SMILES string of the molecule is CC(=O)c1ccc2c(c1O)C(c1ccc3c(c1)n(C)c(=O)n3C)CC(=O)O2. The van der Waals surface area contributed by atoms with Gasteiger partial charge in [0.25, 0.3) is 0 Å². The third-order valence-electron chi connectivity index (χ3n) is 5.20. The number of carbonyl (C=O) groups excluding carboxylic acids is 2. The van der Waals surface area contributed by atoms with Crippen LogP contribution in [-0.2, 0) is 18.9 Å². The highest BCUT2D eigenvalue weighted by molar-refractivity contribution is 5.98. The van der Waals surface area contributed by atoms with Gasteiger partial charge < -0.3 is 9.84 Å². The maximum absolute atomic E-state index is 12.2. The first kappa shape index (κ1) is 17.1. The van der Waals surface area contributed by atoms with Crippen molar-refractivity contribution in [1.29, 1.82) is 0 Å². The van der Waals surface area contributed by atoms with Crippen molar-refractivity contribution in [2.24, 2.45) is 14.1 Å². The van der Waals surface area contributed by atoms with Gasteiger partial charge in [0, 0.05) is 25.6 Å². The summed E-state index contributed by atoms with van der Waals surface area (Å²) in [5.41, 5.74) is 2.71. The standard InChI is InChI=1S/C20H18N2O5/c1-10(23)12-5-7-16-18(19(12)25)13(9-17(24)27-16)11-4-6-14-15(8-11)22(3)20(26)21(14)2/h4-8,13,25H,9H2,1-3H3. The zero-order valence-electron chi connectivity index (χ0n) is 15.1. The largest absolute Gasteiger partial charge is 0.507 e. The summed E-state index contributed by atoms with van der Waals surface area (Å²) >= 11 is 0. The van der Waals surface area contributed by atoms with Crippen LogP contribution in [0, 0.1) is 0 Å². The fourth-order valence-corrected chi connectivity index (χ4v) is 3.76. The molecule has 7 heteroatoms. The van der Waals surface area contributed by atoms with Gasteiger partial charge in [0.1, 0.15) is 11.5 Å². The lowest BCUT2D eigenvalue weighted by atomic mass is 9.84. The third kappa shape index (κ3) is 2.46. The molecule has 1 N–H and O–H groups in total. The quantitative estimate of drug-likeness (QED) is 0.427. The number of aromatic nitrogens is 2. The van der Waals surface area contributed by atoms with Gasteiger partial charge in [-0.15, -0.1) is 0 Å². The van der Waals surface area contributed by atoms with E-state index < -0.39 is 11.9 Å². The van der Waals surface area contributed by atoms with Gasteiger partial charge in [-0.2, -0.15) is 0 Å². The van der Waals surface area contributed by atoms with Crippen molar-refractivity contribution in [3.63, 3.8) is 0 Å². The van der Waals surface area contributed by atoms with Crippen LogP contribution in [0.2, 0.25) is 0 Å². The average Bonchev–Trinajstić information content (AvgIpc) is 2.85. The number of aryl methyl sites for hydroxylation is 2. The van der Waals surface area contributed by atoms with Crippen molar-refractivity contribution in [1.82, 2.24) is 9.13 Å². The zero-order valence-corrected chi connectivity index (χ0v) is 15.1. The molecular formula is C20H18N2O5. The Kier molecular flexibility index (Phi) is 3.69. The van der Waals surface area contributed by atoms with Crippen LogP contribution in [0.15, 0.2) is 35.1 Å². The highest BCUT2D eigenvalue weighted by atomic mass is 16.5. The molecule has 7 nitrogen and oxygen atoms in total. The zero-order chi connectivity index (χ0) is 19.5. The molecule has 0 saturated heterocycles. The fourth-order valence-electron chi connectivity index (χ4n) is 3.76. The Morgan fingerprint density at radius 3 is 2.52 bits per heavy atom. The minimum absolute atomic E-state index is 0.0359. The van der Waals surface area contributed by atoms with Crippen LogP contribution in [0.1, 0.15) is 40.7 Å². The molecule has 1 atom stereocenters. The summed E-state index contributed by atoms with van der Waals surface area (Å²) in [4.78, 5) is 36.1. The van der Waals surface area contributed by atoms with E-state index in [2.05, 4.69) is 0 Å². The molecule has 0 aliphatic carbocycles. The molecule has 4 rings (SSSR count). The number of Topliss-reactive ketones (excluding diaryl/α,β-unsaturated/α-hetero) is 1. The van der Waals surface area contributed by atoms with Crippen LogP contribution in [0.5, 0.6) is 11.5 Å². The van der Waals surface area contributed by atoms with E-state index in [1.165, 1.54) is 23.6 Å². The predicted octanol–water partition coefficient (Wildman–Crippen LogP) is 2.23. The number of rotatable bonds is 2. The number of ketones is 1. The van der Waals surface area contributed by atoms with E-state index in [9.17, 15) is 19.5 Å². The molecule has 0 amide bonds. The van der Waals surface area contributed by atoms with E-state index in [1.54, 1.807) is 18.7 Å². The summed E-state index contributed by atoms with van der Waals surface area (Å²) in [5.74, 6) is -1.07. The second-order valence-electron chi connectivity index (χ2n) is 6.81. The summed E-state index contributed by atoms with van der Waals surface area (Å²) in [6, 6.07) is 8.47. The molecule has 0 fully saturated rings. The summed E-state index contributed by atoms with van der Waals surface area (Å²) < 4.78 is 8.35. The maximum atomic E-state index is 12.2. The Labute approximate surface area is 154 Å². The molecule has 1 aromatic heterocycles. The van der Waals surface area contributed by atoms with Crippen LogP contribution >= 0.6 is 0 Å². The van der Waals surface area contributed by atoms with Crippen molar-refractivity contribution in [3.8, 4) is 11.5 Å². The number of phenols is 1. The first-order chi connectivity index (χ1) is 12.8. The number of ether oxygens (including phenoxy) is 1. The monoisotopic (exact) mass is 366 g/mol. The van der Waals surface area contributed by atoms with Gasteiger partial charge in [0.2, 0.25) is 0 Å². The Morgan fingerprint density at radius 2 is 1.81 bits per heavy atom. The molecule has 2 aromatic carbocycles. The number of benzene rings is 2. The number of phenolic OH excluding ortho intramolecular Hbond substituents is 1. The van der Waals surface area contributed by atoms with E-state index in [-0.39, 0.29) is 35.0 Å². The van der Waals surface area contributed by atoms with Crippen LogP contribution in [0.3, 0.4) is 0 Å². The highest BCUT2D eigenvalue weighted by Gasteiger charge is 2.33. The molecule has 3 aromatic rings. The van der Waals surface area contributed by atoms with E-state index in [1.807, 2.05) is 18.2 Å². The van der Waals surface area contributed by atoms with Gasteiger partial charge in [-0.05, 0) is 36.8 Å². The molecule has 1 aliphatic rings. The number of esters is 1. The Bertz CT molecular complexity index is 1190. The number of carbonyl (C=O) groups is 2. The molecule has 138 valence electrons. The first-order valence-corrected chi connectivity index (χ1v) is 8.52. The first-order valence-electron chi connectivity index (χ1n) is 8.52. The van der Waals surface area contributed by atoms with Gasteiger partial charge in [-0.25, -0.2) is 4.79 Å². The average molecular weight is 366 g/mol. The normalized spacial score (nSPS) is 16.3. The fraction of sp³-hybridized carbons (Fsp3) is 0.250. The number of hydrogen-bond donors (Lipinski definition) is 1. The minimum atomic E-state index is -0.472. The molecule has 27 heavy (non-hydrogen) atoms. The molecule has 1 aliphatic heterocycles. The number of aromatic hydroxyl groups is 1. The van der Waals surface area contributed by atoms with Crippen molar-refractivity contribution in [2.75, 3.05) is 0 Å². The maximum Gasteiger partial charge on any atom is 0.328 e. The smallest absolute Gasteiger partial charge is 0.328 e. The summed E-state index contributed by atoms with van der Waals surface area (Å²) in [6.45, 7) is 1.37. The summed E-state index contributed by atoms with van der Waals surface area (Å²) in [7, 11) is 3.38. The van der Waals surface area contributed by atoms with Crippen LogP contribution < -0.4 is 10.4 Å². The second kappa shape index (κ2) is 5.84. The molecule has 2 heterocycles. The van der Waals surface area contributed by atoms with Crippen molar-refractivity contribution < 1.29 is 19.4 Å². The van der Waals surface area contributed by atoms with Crippen molar-refractivity contribution in [3.05, 3.63) is 57.5 Å². The van der Waals surface area contributed by atoms with E-state index in [4.69, 9.17) is 4.74 Å². The molecular weight excluding hydrogens is 348 g/mol. The number of fused-ring (bicyclic) bond motifs is 2. The van der Waals surface area contributed by atoms with Gasteiger partial charge in [0.15, 0.2) is 5.78 Å². The third-order valence-corrected chi connectivity index (χ3v) is 5.20. The van der Waals surface area contributed by atoms with Gasteiger partial charge in [0.05, 0.1) is 23.0 Å². The lowest BCUT2D eigenvalue weighted by Crippen LogP contribution is -2.21.